The highest BCUT2D eigenvalue weighted by molar-refractivity contribution is 9.10. The van der Waals surface area contributed by atoms with Crippen LogP contribution >= 0.6 is 15.9 Å². The Labute approximate surface area is 162 Å². The van der Waals surface area contributed by atoms with E-state index in [4.69, 9.17) is 5.73 Å². The molecule has 142 valence electrons. The van der Waals surface area contributed by atoms with Gasteiger partial charge >= 0.3 is 0 Å². The molecule has 26 heavy (non-hydrogen) atoms. The summed E-state index contributed by atoms with van der Waals surface area (Å²) in [7, 11) is 0. The summed E-state index contributed by atoms with van der Waals surface area (Å²) >= 11 is 3.69. The lowest BCUT2D eigenvalue weighted by atomic mass is 9.76. The van der Waals surface area contributed by atoms with Gasteiger partial charge in [0.2, 0.25) is 5.91 Å². The molecule has 1 aliphatic rings. The summed E-state index contributed by atoms with van der Waals surface area (Å²) in [5.41, 5.74) is 7.62. The van der Waals surface area contributed by atoms with Crippen molar-refractivity contribution in [2.45, 2.75) is 50.5 Å². The van der Waals surface area contributed by atoms with Crippen LogP contribution in [0.4, 0.5) is 0 Å². The summed E-state index contributed by atoms with van der Waals surface area (Å²) in [4.78, 5) is 11.1. The number of carbonyl (C=O) groups excluding carboxylic acids is 1. The first-order valence-corrected chi connectivity index (χ1v) is 10.1. The van der Waals surface area contributed by atoms with Gasteiger partial charge < -0.3 is 20.5 Å². The molecule has 1 amide bonds. The fourth-order valence-electron chi connectivity index (χ4n) is 4.32. The van der Waals surface area contributed by atoms with Crippen LogP contribution in [0, 0.1) is 5.92 Å². The lowest BCUT2D eigenvalue weighted by Crippen LogP contribution is -2.18. The number of nitrogens with zero attached hydrogens (tertiary/aromatic N) is 1. The van der Waals surface area contributed by atoms with Gasteiger partial charge in [0, 0.05) is 28.0 Å². The number of aromatic nitrogens is 1. The number of halogens is 1. The van der Waals surface area contributed by atoms with E-state index in [1.165, 1.54) is 10.9 Å². The Hall–Kier alpha value is -1.37. The van der Waals surface area contributed by atoms with E-state index in [0.29, 0.717) is 18.3 Å². The van der Waals surface area contributed by atoms with E-state index in [1.807, 2.05) is 22.8 Å². The third-order valence-electron chi connectivity index (χ3n) is 5.67. The normalized spacial score (nSPS) is 20.8. The molecule has 6 heteroatoms. The number of benzene rings is 1. The van der Waals surface area contributed by atoms with Crippen molar-refractivity contribution in [2.24, 2.45) is 11.7 Å². The lowest BCUT2D eigenvalue weighted by molar-refractivity contribution is -0.118. The quantitative estimate of drug-likeness (QED) is 0.637. The average molecular weight is 423 g/mol. The second-order valence-electron chi connectivity index (χ2n) is 7.38. The van der Waals surface area contributed by atoms with E-state index in [2.05, 4.69) is 22.1 Å². The van der Waals surface area contributed by atoms with Crippen molar-refractivity contribution in [3.05, 3.63) is 34.4 Å². The van der Waals surface area contributed by atoms with Crippen LogP contribution in [0.15, 0.2) is 28.9 Å². The summed E-state index contributed by atoms with van der Waals surface area (Å²) in [5.74, 6) is 0.718. The Morgan fingerprint density at radius 2 is 2.08 bits per heavy atom. The largest absolute Gasteiger partial charge is 0.394 e. The Balaban J connectivity index is 1.95. The predicted molar refractivity (Wildman–Crippen MR) is 106 cm³/mol. The van der Waals surface area contributed by atoms with E-state index in [0.717, 1.165) is 42.1 Å². The van der Waals surface area contributed by atoms with Crippen molar-refractivity contribution >= 4 is 32.7 Å². The number of aliphatic hydroxyl groups excluding tert-OH is 2. The summed E-state index contributed by atoms with van der Waals surface area (Å²) < 4.78 is 3.04. The van der Waals surface area contributed by atoms with Crippen LogP contribution in [0.3, 0.4) is 0 Å². The molecule has 1 aromatic heterocycles. The Morgan fingerprint density at radius 1 is 1.31 bits per heavy atom. The van der Waals surface area contributed by atoms with Gasteiger partial charge in [-0.2, -0.15) is 0 Å². The molecular formula is C20H27BrN2O3. The van der Waals surface area contributed by atoms with E-state index in [1.54, 1.807) is 0 Å². The van der Waals surface area contributed by atoms with Gasteiger partial charge in [-0.05, 0) is 48.8 Å². The maximum absolute atomic E-state index is 11.1. The van der Waals surface area contributed by atoms with Crippen molar-refractivity contribution in [1.29, 1.82) is 0 Å². The van der Waals surface area contributed by atoms with Gasteiger partial charge in [-0.3, -0.25) is 4.79 Å². The van der Waals surface area contributed by atoms with Crippen LogP contribution < -0.4 is 5.73 Å². The predicted octanol–water partition coefficient (Wildman–Crippen LogP) is 3.47. The van der Waals surface area contributed by atoms with Crippen molar-refractivity contribution in [3.8, 4) is 0 Å². The van der Waals surface area contributed by atoms with Gasteiger partial charge in [0.25, 0.3) is 0 Å². The molecule has 0 aliphatic heterocycles. The number of nitrogens with two attached hydrogens (primary N) is 1. The summed E-state index contributed by atoms with van der Waals surface area (Å²) in [6.07, 6.45) is 7.90. The number of rotatable bonds is 7. The van der Waals surface area contributed by atoms with Crippen molar-refractivity contribution in [1.82, 2.24) is 4.57 Å². The topological polar surface area (TPSA) is 88.5 Å². The average Bonchev–Trinajstić information content (AvgIpc) is 3.02. The highest BCUT2D eigenvalue weighted by Crippen LogP contribution is 2.43. The molecule has 1 aromatic carbocycles. The number of primary amides is 1. The van der Waals surface area contributed by atoms with Gasteiger partial charge in [-0.25, -0.2) is 0 Å². The first-order valence-electron chi connectivity index (χ1n) is 9.34. The maximum atomic E-state index is 11.1. The number of amides is 1. The molecule has 1 fully saturated rings. The fourth-order valence-corrected chi connectivity index (χ4v) is 4.91. The SMILES string of the molecule is NC(=O)CCC1CCCC(c2cn(C(CO)CO)c3cccc(Br)c23)C1. The third-order valence-corrected chi connectivity index (χ3v) is 6.33. The molecule has 4 N–H and O–H groups in total. The number of hydrogen-bond acceptors (Lipinski definition) is 3. The van der Waals surface area contributed by atoms with Gasteiger partial charge in [-0.15, -0.1) is 0 Å². The molecular weight excluding hydrogens is 396 g/mol. The molecule has 1 aliphatic carbocycles. The van der Waals surface area contributed by atoms with Crippen LogP contribution in [0.5, 0.6) is 0 Å². The molecule has 3 rings (SSSR count). The Morgan fingerprint density at radius 3 is 2.77 bits per heavy atom. The first kappa shape index (κ1) is 19.4. The highest BCUT2D eigenvalue weighted by Gasteiger charge is 2.27. The first-order chi connectivity index (χ1) is 12.5. The molecule has 1 heterocycles. The van der Waals surface area contributed by atoms with Crippen LogP contribution in [-0.4, -0.2) is 33.9 Å². The molecule has 0 spiro atoms. The molecule has 2 aromatic rings. The second-order valence-corrected chi connectivity index (χ2v) is 8.23. The minimum atomic E-state index is -0.338. The molecule has 1 saturated carbocycles. The summed E-state index contributed by atoms with van der Waals surface area (Å²) in [6, 6.07) is 5.72. The lowest BCUT2D eigenvalue weighted by Gasteiger charge is -2.29. The van der Waals surface area contributed by atoms with Gasteiger partial charge in [-0.1, -0.05) is 34.8 Å². The van der Waals surface area contributed by atoms with E-state index >= 15 is 0 Å². The summed E-state index contributed by atoms with van der Waals surface area (Å²) in [6.45, 7) is -0.198. The molecule has 2 atom stereocenters. The number of carbonyl (C=O) groups is 1. The Kier molecular flexibility index (Phi) is 6.37. The van der Waals surface area contributed by atoms with Crippen molar-refractivity contribution in [2.75, 3.05) is 13.2 Å². The van der Waals surface area contributed by atoms with Crippen molar-refractivity contribution < 1.29 is 15.0 Å². The second kappa shape index (κ2) is 8.55. The van der Waals surface area contributed by atoms with Crippen molar-refractivity contribution in [3.63, 3.8) is 0 Å². The third kappa shape index (κ3) is 3.97. The maximum Gasteiger partial charge on any atom is 0.217 e. The van der Waals surface area contributed by atoms with Crippen LogP contribution in [0.25, 0.3) is 10.9 Å². The minimum absolute atomic E-state index is 0.0991. The fraction of sp³-hybridized carbons (Fsp3) is 0.550. The highest BCUT2D eigenvalue weighted by atomic mass is 79.9. The molecule has 0 saturated heterocycles. The monoisotopic (exact) mass is 422 g/mol. The molecule has 2 unspecified atom stereocenters. The minimum Gasteiger partial charge on any atom is -0.394 e. The van der Waals surface area contributed by atoms with Crippen LogP contribution in [0.2, 0.25) is 0 Å². The number of aliphatic hydroxyl groups is 2. The van der Waals surface area contributed by atoms with E-state index in [9.17, 15) is 15.0 Å². The molecule has 5 nitrogen and oxygen atoms in total. The zero-order chi connectivity index (χ0) is 18.7. The van der Waals surface area contributed by atoms with E-state index in [-0.39, 0.29) is 25.2 Å². The Bertz CT molecular complexity index is 770. The zero-order valence-corrected chi connectivity index (χ0v) is 16.5. The number of hydrogen-bond donors (Lipinski definition) is 3. The molecule has 0 radical (unpaired) electrons. The standard InChI is InChI=1S/C20H27BrN2O3/c21-17-5-2-6-18-20(17)16(10-23(18)15(11-24)12-25)14-4-1-3-13(9-14)7-8-19(22)26/h2,5-6,10,13-15,24-25H,1,3-4,7-9,11-12H2,(H2,22,26). The van der Waals surface area contributed by atoms with Gasteiger partial charge in [0.1, 0.15) is 0 Å². The smallest absolute Gasteiger partial charge is 0.217 e. The molecule has 0 bridgehead atoms. The van der Waals surface area contributed by atoms with E-state index < -0.39 is 0 Å². The van der Waals surface area contributed by atoms with Gasteiger partial charge in [0.15, 0.2) is 0 Å². The summed E-state index contributed by atoms with van der Waals surface area (Å²) in [5, 5.41) is 20.5. The van der Waals surface area contributed by atoms with Crippen LogP contribution in [-0.2, 0) is 4.79 Å². The zero-order valence-electron chi connectivity index (χ0n) is 14.9. The van der Waals surface area contributed by atoms with Gasteiger partial charge in [0.05, 0.1) is 19.3 Å². The van der Waals surface area contributed by atoms with Crippen LogP contribution in [0.1, 0.15) is 56.0 Å². The number of fused-ring (bicyclic) bond motifs is 1.